The highest BCUT2D eigenvalue weighted by molar-refractivity contribution is 14.1. The van der Waals surface area contributed by atoms with Crippen LogP contribution in [0.1, 0.15) is 0 Å². The van der Waals surface area contributed by atoms with Crippen LogP contribution >= 0.6 is 61.9 Å². The molecule has 0 aliphatic carbocycles. The van der Waals surface area contributed by atoms with Crippen molar-refractivity contribution in [2.24, 2.45) is 0 Å². The van der Waals surface area contributed by atoms with Gasteiger partial charge in [0.1, 0.15) is 0 Å². The molecule has 11 heavy (non-hydrogen) atoms. The van der Waals surface area contributed by atoms with E-state index in [0.717, 1.165) is 8.04 Å². The third-order valence-electron chi connectivity index (χ3n) is 0.893. The third kappa shape index (κ3) is 5.11. The Hall–Kier alpha value is 0.810. The standard InChI is InChI=1S/C6H4BrIO.2ClH/c7-5-1-3-6(8-9)4-2-5;;/h1-4H;2*1H. The van der Waals surface area contributed by atoms with Crippen molar-refractivity contribution in [3.05, 3.63) is 32.3 Å². The second kappa shape index (κ2) is 7.46. The molecule has 1 aromatic carbocycles. The molecule has 0 heterocycles. The minimum absolute atomic E-state index is 0. The molecule has 64 valence electrons. The van der Waals surface area contributed by atoms with Gasteiger partial charge in [0.25, 0.3) is 0 Å². The van der Waals surface area contributed by atoms with Crippen LogP contribution < -0.4 is 0 Å². The maximum Gasteiger partial charge on any atom is 0.182 e. The van der Waals surface area contributed by atoms with Crippen LogP contribution in [0.15, 0.2) is 28.7 Å². The molecular weight excluding hydrogens is 366 g/mol. The Bertz CT molecular complexity index is 214. The normalized spacial score (nSPS) is 7.73. The molecule has 0 spiro atoms. The van der Waals surface area contributed by atoms with Gasteiger partial charge < -0.3 is 0 Å². The van der Waals surface area contributed by atoms with Crippen molar-refractivity contribution in [1.29, 1.82) is 0 Å². The van der Waals surface area contributed by atoms with Crippen molar-refractivity contribution in [3.63, 3.8) is 0 Å². The number of rotatable bonds is 1. The van der Waals surface area contributed by atoms with Gasteiger partial charge in [-0.3, -0.25) is 3.07 Å². The molecule has 5 heteroatoms. The van der Waals surface area contributed by atoms with E-state index in [9.17, 15) is 3.07 Å². The quantitative estimate of drug-likeness (QED) is 0.687. The highest BCUT2D eigenvalue weighted by atomic mass is 127. The summed E-state index contributed by atoms with van der Waals surface area (Å²) in [6.07, 6.45) is 0. The SMILES string of the molecule is Cl.Cl.O=Ic1ccc(Br)cc1. The minimum Gasteiger partial charge on any atom is -0.265 e. The van der Waals surface area contributed by atoms with Gasteiger partial charge in [-0.25, -0.2) is 0 Å². The lowest BCUT2D eigenvalue weighted by atomic mass is 10.4. The number of benzene rings is 1. The second-order valence-corrected chi connectivity index (χ2v) is 4.12. The molecule has 0 unspecified atom stereocenters. The molecule has 0 aromatic heterocycles. The fourth-order valence-electron chi connectivity index (χ4n) is 0.481. The van der Waals surface area contributed by atoms with Crippen LogP contribution in [0.3, 0.4) is 0 Å². The van der Waals surface area contributed by atoms with Gasteiger partial charge in [0.15, 0.2) is 21.2 Å². The Morgan fingerprint density at radius 2 is 1.55 bits per heavy atom. The van der Waals surface area contributed by atoms with E-state index < -0.39 is 21.2 Å². The molecule has 0 saturated carbocycles. The van der Waals surface area contributed by atoms with Gasteiger partial charge in [0.05, 0.1) is 0 Å². The van der Waals surface area contributed by atoms with E-state index >= 15 is 0 Å². The molecule has 0 aliphatic rings. The average molecular weight is 372 g/mol. The van der Waals surface area contributed by atoms with Crippen LogP contribution in [0.4, 0.5) is 0 Å². The maximum atomic E-state index is 10.3. The summed E-state index contributed by atoms with van der Waals surface area (Å²) in [6.45, 7) is 0. The Labute approximate surface area is 96.5 Å². The fourth-order valence-corrected chi connectivity index (χ4v) is 1.40. The zero-order valence-corrected chi connectivity index (χ0v) is 10.7. The molecule has 0 atom stereocenters. The van der Waals surface area contributed by atoms with Crippen LogP contribution in [0.25, 0.3) is 0 Å². The summed E-state index contributed by atoms with van der Waals surface area (Å²) in [5.41, 5.74) is 0. The lowest BCUT2D eigenvalue weighted by molar-refractivity contribution is 0.648. The maximum absolute atomic E-state index is 10.3. The predicted octanol–water partition coefficient (Wildman–Crippen LogP) is 3.78. The highest BCUT2D eigenvalue weighted by Gasteiger charge is 1.87. The molecule has 1 aromatic rings. The smallest absolute Gasteiger partial charge is 0.182 e. The predicted molar refractivity (Wildman–Crippen MR) is 62.0 cm³/mol. The Morgan fingerprint density at radius 3 is 1.91 bits per heavy atom. The van der Waals surface area contributed by atoms with Gasteiger partial charge in [-0.05, 0) is 24.3 Å². The van der Waals surface area contributed by atoms with Crippen LogP contribution in [-0.4, -0.2) is 0 Å². The summed E-state index contributed by atoms with van der Waals surface area (Å²) in [5, 5.41) is 0. The monoisotopic (exact) mass is 370 g/mol. The first-order valence-corrected chi connectivity index (χ1v) is 5.11. The molecule has 0 aliphatic heterocycles. The van der Waals surface area contributed by atoms with Gasteiger partial charge in [0.2, 0.25) is 0 Å². The van der Waals surface area contributed by atoms with Gasteiger partial charge in [-0.15, -0.1) is 24.8 Å². The zero-order chi connectivity index (χ0) is 6.69. The molecule has 0 N–H and O–H groups in total. The van der Waals surface area contributed by atoms with Gasteiger partial charge in [-0.1, -0.05) is 15.9 Å². The molecule has 0 bridgehead atoms. The van der Waals surface area contributed by atoms with Gasteiger partial charge in [-0.2, -0.15) is 0 Å². The van der Waals surface area contributed by atoms with Crippen LogP contribution in [0.5, 0.6) is 0 Å². The van der Waals surface area contributed by atoms with E-state index in [1.807, 2.05) is 24.3 Å². The van der Waals surface area contributed by atoms with E-state index in [0.29, 0.717) is 0 Å². The molecule has 0 radical (unpaired) electrons. The summed E-state index contributed by atoms with van der Waals surface area (Å²) in [5.74, 6) is 0. The molecule has 1 nitrogen and oxygen atoms in total. The lowest BCUT2D eigenvalue weighted by Crippen LogP contribution is -1.66. The third-order valence-corrected chi connectivity index (χ3v) is 2.65. The number of hydrogen-bond acceptors (Lipinski definition) is 1. The van der Waals surface area contributed by atoms with Crippen molar-refractivity contribution in [3.8, 4) is 0 Å². The summed E-state index contributed by atoms with van der Waals surface area (Å²) in [7, 11) is 0. The average Bonchev–Trinajstić information content (AvgIpc) is 1.90. The molecule has 1 rings (SSSR count). The number of halogens is 4. The molecule has 0 saturated heterocycles. The first-order chi connectivity index (χ1) is 4.33. The lowest BCUT2D eigenvalue weighted by Gasteiger charge is -1.86. The Balaban J connectivity index is 0. The largest absolute Gasteiger partial charge is 0.265 e. The van der Waals surface area contributed by atoms with Crippen LogP contribution in [-0.2, 0) is 3.07 Å². The summed E-state index contributed by atoms with van der Waals surface area (Å²) >= 11 is 2.31. The highest BCUT2D eigenvalue weighted by Crippen LogP contribution is 2.14. The van der Waals surface area contributed by atoms with Gasteiger partial charge >= 0.3 is 0 Å². The van der Waals surface area contributed by atoms with E-state index in [1.54, 1.807) is 0 Å². The topological polar surface area (TPSA) is 17.1 Å². The van der Waals surface area contributed by atoms with Crippen molar-refractivity contribution >= 4 is 61.9 Å². The number of hydrogen-bond donors (Lipinski definition) is 0. The first-order valence-electron chi connectivity index (χ1n) is 2.35. The van der Waals surface area contributed by atoms with Crippen molar-refractivity contribution in [2.75, 3.05) is 0 Å². The van der Waals surface area contributed by atoms with Crippen molar-refractivity contribution in [2.45, 2.75) is 0 Å². The van der Waals surface area contributed by atoms with E-state index in [2.05, 4.69) is 15.9 Å². The van der Waals surface area contributed by atoms with Crippen molar-refractivity contribution in [1.82, 2.24) is 0 Å². The van der Waals surface area contributed by atoms with Crippen molar-refractivity contribution < 1.29 is 3.07 Å². The van der Waals surface area contributed by atoms with E-state index in [-0.39, 0.29) is 24.8 Å². The summed E-state index contributed by atoms with van der Waals surface area (Å²) < 4.78 is 12.3. The van der Waals surface area contributed by atoms with Crippen LogP contribution in [0.2, 0.25) is 0 Å². The minimum atomic E-state index is -0.974. The first kappa shape index (κ1) is 14.3. The van der Waals surface area contributed by atoms with E-state index in [4.69, 9.17) is 0 Å². The fraction of sp³-hybridized carbons (Fsp3) is 0. The molecular formula is C6H6BrCl2IO. The van der Waals surface area contributed by atoms with E-state index in [1.165, 1.54) is 0 Å². The zero-order valence-electron chi connectivity index (χ0n) is 5.29. The second-order valence-electron chi connectivity index (χ2n) is 1.51. The Morgan fingerprint density at radius 1 is 1.09 bits per heavy atom. The summed E-state index contributed by atoms with van der Waals surface area (Å²) in [4.78, 5) is 0. The molecule has 0 fully saturated rings. The summed E-state index contributed by atoms with van der Waals surface area (Å²) in [6, 6.07) is 7.52. The van der Waals surface area contributed by atoms with Crippen LogP contribution in [0, 0.1) is 3.57 Å². The molecule has 0 amide bonds. The van der Waals surface area contributed by atoms with Gasteiger partial charge in [0, 0.05) is 8.04 Å². The Kier molecular flexibility index (Phi) is 9.72.